The van der Waals surface area contributed by atoms with Gasteiger partial charge in [-0.05, 0) is 54.8 Å². The summed E-state index contributed by atoms with van der Waals surface area (Å²) in [4.78, 5) is 15.7. The third-order valence-electron chi connectivity index (χ3n) is 6.15. The van der Waals surface area contributed by atoms with E-state index in [2.05, 4.69) is 51.4 Å². The third kappa shape index (κ3) is 4.12. The molecule has 0 spiro atoms. The van der Waals surface area contributed by atoms with Gasteiger partial charge in [-0.15, -0.1) is 0 Å². The molecule has 172 valence electrons. The summed E-state index contributed by atoms with van der Waals surface area (Å²) in [5.41, 5.74) is 6.31. The zero-order chi connectivity index (χ0) is 23.7. The van der Waals surface area contributed by atoms with E-state index in [0.29, 0.717) is 18.3 Å². The van der Waals surface area contributed by atoms with Gasteiger partial charge < -0.3 is 19.7 Å². The summed E-state index contributed by atoms with van der Waals surface area (Å²) in [6.45, 7) is 4.65. The molecular formula is C27H27N5O2. The predicted molar refractivity (Wildman–Crippen MR) is 134 cm³/mol. The molecule has 34 heavy (non-hydrogen) atoms. The van der Waals surface area contributed by atoms with Gasteiger partial charge in [0.15, 0.2) is 11.6 Å². The molecule has 0 amide bonds. The number of aromatic nitrogens is 3. The molecule has 0 saturated heterocycles. The van der Waals surface area contributed by atoms with Crippen LogP contribution in [0.25, 0.3) is 11.1 Å². The highest BCUT2D eigenvalue weighted by atomic mass is 16.5. The van der Waals surface area contributed by atoms with Crippen molar-refractivity contribution in [3.63, 3.8) is 0 Å². The summed E-state index contributed by atoms with van der Waals surface area (Å²) < 4.78 is 11.7. The first-order valence-electron chi connectivity index (χ1n) is 11.2. The van der Waals surface area contributed by atoms with Crippen LogP contribution in [0.2, 0.25) is 0 Å². The molecule has 4 aromatic rings. The van der Waals surface area contributed by atoms with Crippen LogP contribution in [0.1, 0.15) is 22.9 Å². The highest BCUT2D eigenvalue weighted by molar-refractivity contribution is 5.74. The van der Waals surface area contributed by atoms with Crippen molar-refractivity contribution in [2.75, 3.05) is 31.0 Å². The fourth-order valence-electron chi connectivity index (χ4n) is 4.31. The molecule has 0 aliphatic carbocycles. The first kappa shape index (κ1) is 21.7. The Kier molecular flexibility index (Phi) is 5.76. The van der Waals surface area contributed by atoms with Gasteiger partial charge in [0.05, 0.1) is 19.3 Å². The number of benzene rings is 2. The van der Waals surface area contributed by atoms with Crippen LogP contribution >= 0.6 is 0 Å². The zero-order valence-corrected chi connectivity index (χ0v) is 19.7. The average Bonchev–Trinajstić information content (AvgIpc) is 2.85. The van der Waals surface area contributed by atoms with E-state index < -0.39 is 0 Å². The van der Waals surface area contributed by atoms with Crippen LogP contribution in [-0.4, -0.2) is 35.7 Å². The molecule has 2 aromatic heterocycles. The first-order valence-corrected chi connectivity index (χ1v) is 11.2. The van der Waals surface area contributed by atoms with Crippen molar-refractivity contribution in [3.05, 3.63) is 83.8 Å². The summed E-state index contributed by atoms with van der Waals surface area (Å²) in [7, 11) is 3.72. The highest BCUT2D eigenvalue weighted by Gasteiger charge is 2.29. The Balaban J connectivity index is 1.42. The van der Waals surface area contributed by atoms with Crippen molar-refractivity contribution >= 4 is 17.5 Å². The zero-order valence-electron chi connectivity index (χ0n) is 19.7. The number of hydrogen-bond donors (Lipinski definition) is 1. The fraction of sp³-hybridized carbons (Fsp3) is 0.222. The second-order valence-corrected chi connectivity index (χ2v) is 8.40. The molecule has 0 saturated carbocycles. The van der Waals surface area contributed by atoms with E-state index in [-0.39, 0.29) is 6.04 Å². The maximum Gasteiger partial charge on any atom is 0.229 e. The monoisotopic (exact) mass is 453 g/mol. The summed E-state index contributed by atoms with van der Waals surface area (Å²) in [6.07, 6.45) is 3.53. The smallest absolute Gasteiger partial charge is 0.229 e. The maximum atomic E-state index is 6.01. The number of anilines is 3. The van der Waals surface area contributed by atoms with E-state index >= 15 is 0 Å². The van der Waals surface area contributed by atoms with Crippen molar-refractivity contribution < 1.29 is 9.47 Å². The molecular weight excluding hydrogens is 426 g/mol. The summed E-state index contributed by atoms with van der Waals surface area (Å²) >= 11 is 0. The van der Waals surface area contributed by atoms with Crippen LogP contribution in [0.3, 0.4) is 0 Å². The molecule has 0 fully saturated rings. The van der Waals surface area contributed by atoms with Crippen molar-refractivity contribution in [2.24, 2.45) is 0 Å². The van der Waals surface area contributed by atoms with Gasteiger partial charge in [-0.2, -0.15) is 4.98 Å². The third-order valence-corrected chi connectivity index (χ3v) is 6.15. The topological polar surface area (TPSA) is 72.4 Å². The minimum Gasteiger partial charge on any atom is -0.496 e. The fourth-order valence-corrected chi connectivity index (χ4v) is 4.31. The van der Waals surface area contributed by atoms with Gasteiger partial charge in [-0.25, -0.2) is 4.98 Å². The SMILES string of the molecule is COc1cc(Nc2ncc3c(n2)N(C)C(c2ccccc2C)CO3)ccc1-c1ccnc(C)c1. The molecule has 0 radical (unpaired) electrons. The lowest BCUT2D eigenvalue weighted by atomic mass is 10.00. The summed E-state index contributed by atoms with van der Waals surface area (Å²) in [6, 6.07) is 18.4. The second kappa shape index (κ2) is 9.02. The van der Waals surface area contributed by atoms with Gasteiger partial charge in [0.2, 0.25) is 5.95 Å². The first-order chi connectivity index (χ1) is 16.5. The van der Waals surface area contributed by atoms with Gasteiger partial charge in [0.25, 0.3) is 0 Å². The van der Waals surface area contributed by atoms with Gasteiger partial charge >= 0.3 is 0 Å². The van der Waals surface area contributed by atoms with E-state index in [1.165, 1.54) is 11.1 Å². The van der Waals surface area contributed by atoms with Crippen molar-refractivity contribution in [1.82, 2.24) is 15.0 Å². The molecule has 1 atom stereocenters. The quantitative estimate of drug-likeness (QED) is 0.429. The number of fused-ring (bicyclic) bond motifs is 1. The Morgan fingerprint density at radius 2 is 1.91 bits per heavy atom. The lowest BCUT2D eigenvalue weighted by Gasteiger charge is -2.35. The van der Waals surface area contributed by atoms with Crippen LogP contribution in [0.15, 0.2) is 67.0 Å². The van der Waals surface area contributed by atoms with Crippen molar-refractivity contribution in [3.8, 4) is 22.6 Å². The molecule has 7 nitrogen and oxygen atoms in total. The summed E-state index contributed by atoms with van der Waals surface area (Å²) in [5, 5.41) is 3.31. The van der Waals surface area contributed by atoms with Crippen LogP contribution < -0.4 is 19.7 Å². The molecule has 2 aromatic carbocycles. The number of pyridine rings is 1. The van der Waals surface area contributed by atoms with Crippen LogP contribution in [0.4, 0.5) is 17.5 Å². The van der Waals surface area contributed by atoms with Crippen molar-refractivity contribution in [2.45, 2.75) is 19.9 Å². The number of hydrogen-bond acceptors (Lipinski definition) is 7. The molecule has 5 rings (SSSR count). The van der Waals surface area contributed by atoms with Gasteiger partial charge in [0.1, 0.15) is 12.4 Å². The van der Waals surface area contributed by atoms with Gasteiger partial charge in [-0.3, -0.25) is 4.98 Å². The number of nitrogens with zero attached hydrogens (tertiary/aromatic N) is 4. The average molecular weight is 454 g/mol. The van der Waals surface area contributed by atoms with Crippen LogP contribution in [0, 0.1) is 13.8 Å². The van der Waals surface area contributed by atoms with E-state index in [1.54, 1.807) is 19.5 Å². The predicted octanol–water partition coefficient (Wildman–Crippen LogP) is 5.48. The lowest BCUT2D eigenvalue weighted by molar-refractivity contribution is 0.264. The van der Waals surface area contributed by atoms with E-state index in [0.717, 1.165) is 34.1 Å². The van der Waals surface area contributed by atoms with E-state index in [1.807, 2.05) is 44.3 Å². The Morgan fingerprint density at radius 3 is 2.71 bits per heavy atom. The summed E-state index contributed by atoms with van der Waals surface area (Å²) in [5.74, 6) is 2.69. The molecule has 1 unspecified atom stereocenters. The van der Waals surface area contributed by atoms with Gasteiger partial charge in [-0.1, -0.05) is 24.3 Å². The minimum absolute atomic E-state index is 0.0830. The number of nitrogens with one attached hydrogen (secondary N) is 1. The molecule has 0 bridgehead atoms. The van der Waals surface area contributed by atoms with Crippen LogP contribution in [0.5, 0.6) is 11.5 Å². The molecule has 1 N–H and O–H groups in total. The molecule has 1 aliphatic rings. The van der Waals surface area contributed by atoms with Crippen LogP contribution in [-0.2, 0) is 0 Å². The lowest BCUT2D eigenvalue weighted by Crippen LogP contribution is -2.34. The normalized spacial score (nSPS) is 14.8. The number of rotatable bonds is 5. The van der Waals surface area contributed by atoms with E-state index in [9.17, 15) is 0 Å². The number of ether oxygens (including phenoxy) is 2. The largest absolute Gasteiger partial charge is 0.496 e. The molecule has 3 heterocycles. The Bertz CT molecular complexity index is 1340. The Hall–Kier alpha value is -4.13. The molecule has 7 heteroatoms. The number of aryl methyl sites for hydroxylation is 2. The standard InChI is InChI=1S/C27H27N5O2/c1-17-7-5-6-8-21(17)23-16-34-25-15-29-27(31-26(25)32(23)3)30-20-9-10-22(24(14-20)33-4)19-11-12-28-18(2)13-19/h5-15,23H,16H2,1-4H3,(H,29,30,31). The maximum absolute atomic E-state index is 6.01. The Morgan fingerprint density at radius 1 is 1.06 bits per heavy atom. The van der Waals surface area contributed by atoms with Gasteiger partial charge in [0, 0.05) is 36.3 Å². The van der Waals surface area contributed by atoms with Crippen molar-refractivity contribution in [1.29, 1.82) is 0 Å². The molecule has 1 aliphatic heterocycles. The Labute approximate surface area is 199 Å². The minimum atomic E-state index is 0.0830. The highest BCUT2D eigenvalue weighted by Crippen LogP contribution is 2.38. The second-order valence-electron chi connectivity index (χ2n) is 8.40. The number of likely N-dealkylation sites (N-methyl/N-ethyl adjacent to an activating group) is 1. The van der Waals surface area contributed by atoms with E-state index in [4.69, 9.17) is 14.5 Å². The number of methoxy groups -OCH3 is 1.